The van der Waals surface area contributed by atoms with Gasteiger partial charge in [0.05, 0.1) is 6.04 Å². The van der Waals surface area contributed by atoms with Crippen LogP contribution in [0.4, 0.5) is 0 Å². The third-order valence-electron chi connectivity index (χ3n) is 3.45. The second kappa shape index (κ2) is 5.40. The van der Waals surface area contributed by atoms with Crippen LogP contribution in [0.1, 0.15) is 54.4 Å². The summed E-state index contributed by atoms with van der Waals surface area (Å²) in [6.45, 7) is 2.99. The van der Waals surface area contributed by atoms with Gasteiger partial charge in [-0.05, 0) is 12.8 Å². The van der Waals surface area contributed by atoms with Gasteiger partial charge in [0.25, 0.3) is 5.91 Å². The largest absolute Gasteiger partial charge is 0.340 e. The number of carbonyl (C=O) groups excluding carboxylic acids is 1. The van der Waals surface area contributed by atoms with E-state index in [-0.39, 0.29) is 11.9 Å². The molecule has 2 aromatic rings. The Balaban J connectivity index is 1.72. The van der Waals surface area contributed by atoms with E-state index in [9.17, 15) is 4.79 Å². The average molecular weight is 275 g/mol. The number of aromatic amines is 1. The molecule has 0 spiro atoms. The molecule has 8 nitrogen and oxygen atoms in total. The maximum Gasteiger partial charge on any atom is 0.272 e. The maximum absolute atomic E-state index is 12.3. The first-order valence-electron chi connectivity index (χ1n) is 6.88. The van der Waals surface area contributed by atoms with Crippen LogP contribution in [0.25, 0.3) is 0 Å². The van der Waals surface area contributed by atoms with Crippen molar-refractivity contribution in [3.8, 4) is 0 Å². The number of carbonyl (C=O) groups is 1. The zero-order valence-electron chi connectivity index (χ0n) is 11.3. The Morgan fingerprint density at radius 2 is 2.50 bits per heavy atom. The van der Waals surface area contributed by atoms with E-state index in [1.54, 1.807) is 0 Å². The molecule has 1 aliphatic heterocycles. The van der Waals surface area contributed by atoms with Crippen molar-refractivity contribution in [1.82, 2.24) is 35.5 Å². The van der Waals surface area contributed by atoms with Crippen LogP contribution in [0, 0.1) is 0 Å². The number of aryl methyl sites for hydroxylation is 2. The summed E-state index contributed by atoms with van der Waals surface area (Å²) in [5.74, 6) is 1.31. The summed E-state index contributed by atoms with van der Waals surface area (Å²) >= 11 is 0. The molecule has 0 bridgehead atoms. The Morgan fingerprint density at radius 3 is 3.20 bits per heavy atom. The highest BCUT2D eigenvalue weighted by atomic mass is 16.2. The molecule has 106 valence electrons. The number of hydrogen-bond acceptors (Lipinski definition) is 5. The van der Waals surface area contributed by atoms with Crippen LogP contribution in [0.3, 0.4) is 0 Å². The summed E-state index contributed by atoms with van der Waals surface area (Å²) in [5, 5.41) is 16.8. The van der Waals surface area contributed by atoms with E-state index in [1.165, 1.54) is 0 Å². The van der Waals surface area contributed by atoms with E-state index in [0.29, 0.717) is 11.5 Å². The highest BCUT2D eigenvalue weighted by Gasteiger charge is 2.22. The van der Waals surface area contributed by atoms with Gasteiger partial charge in [-0.3, -0.25) is 4.79 Å². The van der Waals surface area contributed by atoms with E-state index in [2.05, 4.69) is 30.9 Å². The molecule has 0 saturated carbocycles. The molecular weight excluding hydrogens is 258 g/mol. The van der Waals surface area contributed by atoms with Crippen LogP contribution in [-0.2, 0) is 13.0 Å². The predicted molar refractivity (Wildman–Crippen MR) is 69.8 cm³/mol. The van der Waals surface area contributed by atoms with Gasteiger partial charge in [0.1, 0.15) is 11.5 Å². The van der Waals surface area contributed by atoms with Crippen molar-refractivity contribution in [2.75, 3.05) is 0 Å². The van der Waals surface area contributed by atoms with Gasteiger partial charge in [-0.15, -0.1) is 10.2 Å². The fourth-order valence-electron chi connectivity index (χ4n) is 2.47. The standard InChI is InChI=1S/C12H17N7O/c1-2-4-8(11-15-17-18-16-11)14-12(20)9-7-19-6-3-5-10(19)13-9/h7-8H,2-6H2,1H3,(H,14,20)(H,15,16,17,18). The zero-order chi connectivity index (χ0) is 13.9. The molecule has 1 atom stereocenters. The molecule has 3 rings (SSSR count). The minimum atomic E-state index is -0.234. The molecule has 2 N–H and O–H groups in total. The summed E-state index contributed by atoms with van der Waals surface area (Å²) in [6, 6.07) is -0.234. The van der Waals surface area contributed by atoms with Gasteiger partial charge < -0.3 is 9.88 Å². The van der Waals surface area contributed by atoms with Crippen LogP contribution in [-0.4, -0.2) is 36.1 Å². The van der Waals surface area contributed by atoms with Crippen LogP contribution in [0.15, 0.2) is 6.20 Å². The van der Waals surface area contributed by atoms with Gasteiger partial charge in [-0.2, -0.15) is 5.21 Å². The summed E-state index contributed by atoms with van der Waals surface area (Å²) < 4.78 is 2.04. The number of aromatic nitrogens is 6. The Morgan fingerprint density at radius 1 is 1.60 bits per heavy atom. The molecule has 0 aromatic carbocycles. The minimum Gasteiger partial charge on any atom is -0.340 e. The van der Waals surface area contributed by atoms with Gasteiger partial charge >= 0.3 is 0 Å². The van der Waals surface area contributed by atoms with Crippen LogP contribution >= 0.6 is 0 Å². The normalized spacial score (nSPS) is 15.1. The van der Waals surface area contributed by atoms with Crippen molar-refractivity contribution in [2.45, 2.75) is 45.2 Å². The van der Waals surface area contributed by atoms with Gasteiger partial charge in [0, 0.05) is 19.2 Å². The second-order valence-corrected chi connectivity index (χ2v) is 4.92. The molecule has 0 saturated heterocycles. The second-order valence-electron chi connectivity index (χ2n) is 4.92. The SMILES string of the molecule is CCCC(NC(=O)c1cn2c(n1)CCC2)c1nn[nH]n1. The van der Waals surface area contributed by atoms with Crippen molar-refractivity contribution in [3.05, 3.63) is 23.5 Å². The lowest BCUT2D eigenvalue weighted by molar-refractivity contribution is 0.0927. The predicted octanol–water partition coefficient (Wildman–Crippen LogP) is 0.614. The third-order valence-corrected chi connectivity index (χ3v) is 3.45. The highest BCUT2D eigenvalue weighted by Crippen LogP contribution is 2.17. The Bertz CT molecular complexity index is 567. The third kappa shape index (κ3) is 2.40. The molecule has 0 fully saturated rings. The molecule has 0 radical (unpaired) electrons. The number of amides is 1. The van der Waals surface area contributed by atoms with Crippen molar-refractivity contribution in [1.29, 1.82) is 0 Å². The zero-order valence-corrected chi connectivity index (χ0v) is 11.3. The van der Waals surface area contributed by atoms with Gasteiger partial charge in [-0.1, -0.05) is 18.6 Å². The Kier molecular flexibility index (Phi) is 3.44. The van der Waals surface area contributed by atoms with Crippen LogP contribution in [0.2, 0.25) is 0 Å². The van der Waals surface area contributed by atoms with E-state index in [4.69, 9.17) is 0 Å². The number of nitrogens with one attached hydrogen (secondary N) is 2. The number of rotatable bonds is 5. The first kappa shape index (κ1) is 12.8. The number of tetrazole rings is 1. The van der Waals surface area contributed by atoms with Crippen molar-refractivity contribution in [3.63, 3.8) is 0 Å². The Labute approximate surface area is 116 Å². The lowest BCUT2D eigenvalue weighted by Crippen LogP contribution is -2.29. The lowest BCUT2D eigenvalue weighted by atomic mass is 10.1. The fraction of sp³-hybridized carbons (Fsp3) is 0.583. The molecule has 1 amide bonds. The van der Waals surface area contributed by atoms with Gasteiger partial charge in [-0.25, -0.2) is 4.98 Å². The number of nitrogens with zero attached hydrogens (tertiary/aromatic N) is 5. The molecule has 0 aliphatic carbocycles. The van der Waals surface area contributed by atoms with Crippen LogP contribution < -0.4 is 5.32 Å². The van der Waals surface area contributed by atoms with Gasteiger partial charge in [0.15, 0.2) is 5.82 Å². The molecular formula is C12H17N7O. The number of fused-ring (bicyclic) bond motifs is 1. The van der Waals surface area contributed by atoms with Crippen LogP contribution in [0.5, 0.6) is 0 Å². The number of hydrogen-bond donors (Lipinski definition) is 2. The summed E-state index contributed by atoms with van der Waals surface area (Å²) in [4.78, 5) is 16.6. The molecule has 2 aromatic heterocycles. The number of imidazole rings is 1. The quantitative estimate of drug-likeness (QED) is 0.832. The maximum atomic E-state index is 12.3. The van der Waals surface area contributed by atoms with E-state index in [0.717, 1.165) is 38.1 Å². The molecule has 8 heteroatoms. The topological polar surface area (TPSA) is 101 Å². The highest BCUT2D eigenvalue weighted by molar-refractivity contribution is 5.92. The molecule has 3 heterocycles. The van der Waals surface area contributed by atoms with Crippen molar-refractivity contribution >= 4 is 5.91 Å². The fourth-order valence-corrected chi connectivity index (χ4v) is 2.47. The van der Waals surface area contributed by atoms with Crippen molar-refractivity contribution < 1.29 is 4.79 Å². The lowest BCUT2D eigenvalue weighted by Gasteiger charge is -2.13. The van der Waals surface area contributed by atoms with E-state index < -0.39 is 0 Å². The average Bonchev–Trinajstić information content (AvgIpc) is 3.14. The minimum absolute atomic E-state index is 0.185. The summed E-state index contributed by atoms with van der Waals surface area (Å²) in [7, 11) is 0. The Hall–Kier alpha value is -2.25. The van der Waals surface area contributed by atoms with E-state index in [1.807, 2.05) is 17.7 Å². The van der Waals surface area contributed by atoms with E-state index >= 15 is 0 Å². The molecule has 1 aliphatic rings. The molecule has 1 unspecified atom stereocenters. The monoisotopic (exact) mass is 275 g/mol. The summed E-state index contributed by atoms with van der Waals surface area (Å²) in [6.07, 6.45) is 5.54. The first-order chi connectivity index (χ1) is 9.78. The summed E-state index contributed by atoms with van der Waals surface area (Å²) in [5.41, 5.74) is 0.462. The van der Waals surface area contributed by atoms with Gasteiger partial charge in [0.2, 0.25) is 0 Å². The smallest absolute Gasteiger partial charge is 0.272 e. The molecule has 20 heavy (non-hydrogen) atoms. The number of H-pyrrole nitrogens is 1. The van der Waals surface area contributed by atoms with Crippen molar-refractivity contribution in [2.24, 2.45) is 0 Å². The first-order valence-corrected chi connectivity index (χ1v) is 6.88.